The van der Waals surface area contributed by atoms with Crippen LogP contribution < -0.4 is 0 Å². The summed E-state index contributed by atoms with van der Waals surface area (Å²) in [6.07, 6.45) is -5.02. The Kier molecular flexibility index (Phi) is 11.8. The predicted molar refractivity (Wildman–Crippen MR) is 208 cm³/mol. The van der Waals surface area contributed by atoms with E-state index in [1.807, 2.05) is 6.92 Å². The summed E-state index contributed by atoms with van der Waals surface area (Å²) in [5.74, 6) is -0.515. The largest absolute Gasteiger partial charge is 0.463 e. The maximum Gasteiger partial charge on any atom is 0.302 e. The molecule has 2 saturated heterocycles. The first-order valence-electron chi connectivity index (χ1n) is 21.5. The van der Waals surface area contributed by atoms with Crippen molar-refractivity contribution in [2.24, 2.45) is 44.3 Å². The molecule has 14 heteroatoms. The number of esters is 1. The van der Waals surface area contributed by atoms with Crippen LogP contribution in [0.15, 0.2) is 23.3 Å². The Morgan fingerprint density at radius 2 is 1.50 bits per heavy atom. The van der Waals surface area contributed by atoms with Crippen LogP contribution in [0.5, 0.6) is 0 Å². The standard InChI is InChI=1S/C44H70O14/c1-22-31(49)36(58-37-34(52)33(51)32(50)26(56-37)19-54-23(2)47)35(53)38(55-22)57-30-12-13-40(5)27(41(30,6)20-45)11-14-42(7)28(40)10-9-24-25-17-39(3,4)15-16-44(25,21-46)29(48)18-43(24,42)8/h9-10,22,26-38,45-46,48-53H,11-21H2,1-8H3. The molecule has 0 aromatic heterocycles. The number of allylic oxidation sites excluding steroid dienone is 3. The zero-order valence-corrected chi connectivity index (χ0v) is 35.5. The van der Waals surface area contributed by atoms with Gasteiger partial charge in [0.2, 0.25) is 0 Å². The van der Waals surface area contributed by atoms with Gasteiger partial charge in [0.15, 0.2) is 12.6 Å². The van der Waals surface area contributed by atoms with E-state index in [2.05, 4.69) is 46.8 Å². The summed E-state index contributed by atoms with van der Waals surface area (Å²) in [4.78, 5) is 11.4. The molecule has 58 heavy (non-hydrogen) atoms. The molecule has 5 aliphatic carbocycles. The fraction of sp³-hybridized carbons (Fsp3) is 0.886. The highest BCUT2D eigenvalue weighted by Gasteiger charge is 2.69. The second kappa shape index (κ2) is 15.4. The second-order valence-electron chi connectivity index (χ2n) is 20.9. The van der Waals surface area contributed by atoms with Gasteiger partial charge in [-0.1, -0.05) is 59.3 Å². The monoisotopic (exact) mass is 822 g/mol. The van der Waals surface area contributed by atoms with Crippen LogP contribution in [0, 0.1) is 44.3 Å². The Balaban J connectivity index is 1.13. The van der Waals surface area contributed by atoms with Crippen molar-refractivity contribution in [3.63, 3.8) is 0 Å². The van der Waals surface area contributed by atoms with Crippen LogP contribution in [-0.2, 0) is 28.5 Å². The zero-order chi connectivity index (χ0) is 42.5. The number of rotatable bonds is 8. The molecule has 2 aliphatic heterocycles. The number of ether oxygens (including phenoxy) is 5. The molecule has 330 valence electrons. The first kappa shape index (κ1) is 44.5. The molecule has 5 fully saturated rings. The van der Waals surface area contributed by atoms with E-state index in [9.17, 15) is 45.6 Å². The Hall–Kier alpha value is -1.53. The van der Waals surface area contributed by atoms with Gasteiger partial charge in [0, 0.05) is 23.2 Å². The molecular weight excluding hydrogens is 752 g/mol. The Bertz CT molecular complexity index is 1620. The number of carbonyl (C=O) groups is 1. The van der Waals surface area contributed by atoms with Gasteiger partial charge in [-0.2, -0.15) is 0 Å². The minimum absolute atomic E-state index is 0.00610. The summed E-state index contributed by atoms with van der Waals surface area (Å²) in [6, 6.07) is 0. The van der Waals surface area contributed by atoms with Gasteiger partial charge in [-0.15, -0.1) is 0 Å². The minimum atomic E-state index is -1.77. The normalized spacial score (nSPS) is 52.6. The third-order valence-electron chi connectivity index (χ3n) is 17.1. The molecule has 0 bridgehead atoms. The van der Waals surface area contributed by atoms with E-state index < -0.39 is 97.0 Å². The highest BCUT2D eigenvalue weighted by molar-refractivity contribution is 5.65. The summed E-state index contributed by atoms with van der Waals surface area (Å²) in [7, 11) is 0. The quantitative estimate of drug-likeness (QED) is 0.130. The van der Waals surface area contributed by atoms with Crippen molar-refractivity contribution < 1.29 is 69.3 Å². The van der Waals surface area contributed by atoms with Crippen LogP contribution >= 0.6 is 0 Å². The van der Waals surface area contributed by atoms with Crippen molar-refractivity contribution in [2.75, 3.05) is 19.8 Å². The second-order valence-corrected chi connectivity index (χ2v) is 20.9. The summed E-state index contributed by atoms with van der Waals surface area (Å²) >= 11 is 0. The summed E-state index contributed by atoms with van der Waals surface area (Å²) in [5, 5.41) is 88.8. The van der Waals surface area contributed by atoms with Crippen LogP contribution in [0.4, 0.5) is 0 Å². The predicted octanol–water partition coefficient (Wildman–Crippen LogP) is 2.25. The molecule has 19 atom stereocenters. The maximum atomic E-state index is 12.0. The third-order valence-corrected chi connectivity index (χ3v) is 17.1. The van der Waals surface area contributed by atoms with Gasteiger partial charge in [0.25, 0.3) is 0 Å². The number of hydrogen-bond donors (Lipinski definition) is 8. The zero-order valence-electron chi connectivity index (χ0n) is 35.5. The van der Waals surface area contributed by atoms with Gasteiger partial charge in [-0.3, -0.25) is 4.79 Å². The van der Waals surface area contributed by atoms with Gasteiger partial charge >= 0.3 is 5.97 Å². The lowest BCUT2D eigenvalue weighted by atomic mass is 9.35. The third kappa shape index (κ3) is 6.70. The molecule has 0 amide bonds. The minimum Gasteiger partial charge on any atom is -0.463 e. The smallest absolute Gasteiger partial charge is 0.302 e. The van der Waals surface area contributed by atoms with E-state index in [4.69, 9.17) is 23.7 Å². The number of fused-ring (bicyclic) bond motifs is 6. The highest BCUT2D eigenvalue weighted by Crippen LogP contribution is 2.74. The van der Waals surface area contributed by atoms with Crippen LogP contribution in [0.25, 0.3) is 0 Å². The van der Waals surface area contributed by atoms with Crippen molar-refractivity contribution in [2.45, 2.75) is 180 Å². The molecule has 7 rings (SSSR count). The maximum absolute atomic E-state index is 12.0. The number of hydrogen-bond acceptors (Lipinski definition) is 14. The number of carbonyl (C=O) groups excluding carboxylic acids is 1. The molecule has 2 heterocycles. The molecule has 0 aromatic rings. The van der Waals surface area contributed by atoms with Gasteiger partial charge in [-0.25, -0.2) is 0 Å². The lowest BCUT2D eigenvalue weighted by molar-refractivity contribution is -0.367. The molecule has 0 radical (unpaired) electrons. The molecule has 14 nitrogen and oxygen atoms in total. The molecule has 8 N–H and O–H groups in total. The van der Waals surface area contributed by atoms with Crippen molar-refractivity contribution in [1.82, 2.24) is 0 Å². The van der Waals surface area contributed by atoms with E-state index >= 15 is 0 Å². The van der Waals surface area contributed by atoms with Crippen LogP contribution in [0.1, 0.15) is 107 Å². The highest BCUT2D eigenvalue weighted by atomic mass is 16.7. The van der Waals surface area contributed by atoms with Crippen LogP contribution in [-0.4, -0.2) is 140 Å². The summed E-state index contributed by atoms with van der Waals surface area (Å²) in [6.45, 7) is 15.7. The Morgan fingerprint density at radius 1 is 0.810 bits per heavy atom. The first-order chi connectivity index (χ1) is 27.0. The van der Waals surface area contributed by atoms with E-state index in [-0.39, 0.29) is 46.7 Å². The number of aliphatic hydroxyl groups excluding tert-OH is 8. The summed E-state index contributed by atoms with van der Waals surface area (Å²) < 4.78 is 29.3. The SMILES string of the molecule is CC(=O)OCC1OC(OC2C(O)C(C)OC(OC3CCC4(C)C(CCC5(C)C4C=CC4=C6CC(C)(C)CCC6(CO)C(O)CC45C)C3(C)CO)C2O)C(O)C(O)C1O. The molecule has 0 spiro atoms. The molecule has 0 aromatic carbocycles. The molecule has 3 saturated carbocycles. The average molecular weight is 823 g/mol. The van der Waals surface area contributed by atoms with E-state index in [0.717, 1.165) is 38.5 Å². The Morgan fingerprint density at radius 3 is 2.16 bits per heavy atom. The number of aliphatic hydroxyl groups is 8. The van der Waals surface area contributed by atoms with E-state index in [1.165, 1.54) is 18.1 Å². The van der Waals surface area contributed by atoms with Crippen molar-refractivity contribution in [3.8, 4) is 0 Å². The van der Waals surface area contributed by atoms with Gasteiger partial charge < -0.3 is 64.5 Å². The van der Waals surface area contributed by atoms with Crippen LogP contribution in [0.3, 0.4) is 0 Å². The summed E-state index contributed by atoms with van der Waals surface area (Å²) in [5.41, 5.74) is 0.393. The fourth-order valence-electron chi connectivity index (χ4n) is 13.2. The van der Waals surface area contributed by atoms with E-state index in [1.54, 1.807) is 6.92 Å². The fourth-order valence-corrected chi connectivity index (χ4v) is 13.2. The first-order valence-corrected chi connectivity index (χ1v) is 21.5. The van der Waals surface area contributed by atoms with Crippen molar-refractivity contribution in [1.29, 1.82) is 0 Å². The lowest BCUT2D eigenvalue weighted by Gasteiger charge is -2.70. The van der Waals surface area contributed by atoms with Gasteiger partial charge in [-0.05, 0) is 91.9 Å². The lowest BCUT2D eigenvalue weighted by Crippen LogP contribution is -2.67. The van der Waals surface area contributed by atoms with Gasteiger partial charge in [0.1, 0.15) is 49.3 Å². The Labute approximate surface area is 342 Å². The molecule has 7 aliphatic rings. The topological polar surface area (TPSA) is 225 Å². The molecular formula is C44H70O14. The van der Waals surface area contributed by atoms with Gasteiger partial charge in [0.05, 0.1) is 31.5 Å². The van der Waals surface area contributed by atoms with Crippen LogP contribution in [0.2, 0.25) is 0 Å². The van der Waals surface area contributed by atoms with E-state index in [0.29, 0.717) is 12.8 Å². The van der Waals surface area contributed by atoms with Crippen molar-refractivity contribution in [3.05, 3.63) is 23.3 Å². The molecule has 19 unspecified atom stereocenters. The van der Waals surface area contributed by atoms with Crippen molar-refractivity contribution >= 4 is 5.97 Å². The average Bonchev–Trinajstić information content (AvgIpc) is 3.16.